The topological polar surface area (TPSA) is 26.3 Å². The summed E-state index contributed by atoms with van der Waals surface area (Å²) in [5.41, 5.74) is 0.419. The van der Waals surface area contributed by atoms with Crippen LogP contribution in [0.25, 0.3) is 5.76 Å². The number of hydrogen-bond acceptors (Lipinski definition) is 2. The lowest BCUT2D eigenvalue weighted by molar-refractivity contribution is -0.165. The van der Waals surface area contributed by atoms with Crippen molar-refractivity contribution < 1.29 is 22.7 Å². The Bertz CT molecular complexity index is 393. The maximum absolute atomic E-state index is 12.0. The maximum Gasteiger partial charge on any atom is 0.454 e. The van der Waals surface area contributed by atoms with Gasteiger partial charge >= 0.3 is 6.18 Å². The van der Waals surface area contributed by atoms with Gasteiger partial charge in [-0.2, -0.15) is 13.2 Å². The number of halogens is 3. The van der Waals surface area contributed by atoms with Crippen LogP contribution in [-0.2, 0) is 9.53 Å². The zero-order chi connectivity index (χ0) is 12.2. The standard InChI is InChI=1S/C11H9F3O2/c1-16-9(7-10(15)11(12,13)14)8-5-3-2-4-6-8/h2-7H,1H3/b9-7+. The Balaban J connectivity index is 3.00. The second kappa shape index (κ2) is 4.83. The number of rotatable bonds is 3. The molecule has 0 aromatic heterocycles. The van der Waals surface area contributed by atoms with E-state index in [-0.39, 0.29) is 5.76 Å². The van der Waals surface area contributed by atoms with Crippen LogP contribution in [0.5, 0.6) is 0 Å². The van der Waals surface area contributed by atoms with Gasteiger partial charge in [-0.15, -0.1) is 0 Å². The molecular weight excluding hydrogens is 221 g/mol. The number of benzene rings is 1. The molecule has 1 aromatic rings. The van der Waals surface area contributed by atoms with E-state index in [1.807, 2.05) is 0 Å². The molecule has 0 radical (unpaired) electrons. The maximum atomic E-state index is 12.0. The summed E-state index contributed by atoms with van der Waals surface area (Å²) in [7, 11) is 1.21. The van der Waals surface area contributed by atoms with E-state index < -0.39 is 12.0 Å². The molecule has 0 aliphatic carbocycles. The van der Waals surface area contributed by atoms with E-state index >= 15 is 0 Å². The molecule has 5 heteroatoms. The largest absolute Gasteiger partial charge is 0.496 e. The summed E-state index contributed by atoms with van der Waals surface area (Å²) in [5, 5.41) is 0. The van der Waals surface area contributed by atoms with Crippen molar-refractivity contribution in [3.8, 4) is 0 Å². The highest BCUT2D eigenvalue weighted by molar-refractivity contribution is 5.99. The lowest BCUT2D eigenvalue weighted by Gasteiger charge is -2.07. The second-order valence-corrected chi connectivity index (χ2v) is 2.94. The molecule has 0 bridgehead atoms. The van der Waals surface area contributed by atoms with Gasteiger partial charge in [0.2, 0.25) is 0 Å². The molecule has 16 heavy (non-hydrogen) atoms. The number of ketones is 1. The van der Waals surface area contributed by atoms with Crippen molar-refractivity contribution in [3.05, 3.63) is 42.0 Å². The Labute approximate surface area is 90.3 Å². The lowest BCUT2D eigenvalue weighted by Crippen LogP contribution is -2.20. The highest BCUT2D eigenvalue weighted by Gasteiger charge is 2.37. The van der Waals surface area contributed by atoms with Gasteiger partial charge in [0, 0.05) is 11.6 Å². The van der Waals surface area contributed by atoms with Crippen LogP contribution in [0.3, 0.4) is 0 Å². The van der Waals surface area contributed by atoms with E-state index in [1.54, 1.807) is 30.3 Å². The first-order valence-corrected chi connectivity index (χ1v) is 4.37. The van der Waals surface area contributed by atoms with Crippen LogP contribution >= 0.6 is 0 Å². The molecule has 0 atom stereocenters. The third-order valence-corrected chi connectivity index (χ3v) is 1.82. The summed E-state index contributed by atoms with van der Waals surface area (Å²) in [6.07, 6.45) is -4.44. The minimum absolute atomic E-state index is 0.108. The molecule has 1 rings (SSSR count). The molecule has 0 saturated heterocycles. The van der Waals surface area contributed by atoms with Crippen LogP contribution in [-0.4, -0.2) is 19.1 Å². The summed E-state index contributed by atoms with van der Waals surface area (Å²) in [6, 6.07) is 8.10. The van der Waals surface area contributed by atoms with Crippen molar-refractivity contribution in [1.82, 2.24) is 0 Å². The lowest BCUT2D eigenvalue weighted by atomic mass is 10.1. The SMILES string of the molecule is CO/C(=C/C(=O)C(F)(F)F)c1ccccc1. The first kappa shape index (κ1) is 12.3. The van der Waals surface area contributed by atoms with Crippen LogP contribution < -0.4 is 0 Å². The predicted octanol–water partition coefficient (Wildman–Crippen LogP) is 2.81. The van der Waals surface area contributed by atoms with Crippen LogP contribution in [0.4, 0.5) is 13.2 Å². The summed E-state index contributed by atoms with van der Waals surface area (Å²) in [5.74, 6) is -2.05. The highest BCUT2D eigenvalue weighted by Crippen LogP contribution is 2.21. The minimum atomic E-state index is -4.88. The monoisotopic (exact) mass is 230 g/mol. The number of hydrogen-bond donors (Lipinski definition) is 0. The normalized spacial score (nSPS) is 12.4. The van der Waals surface area contributed by atoms with E-state index in [4.69, 9.17) is 4.74 Å². The zero-order valence-corrected chi connectivity index (χ0v) is 8.41. The molecule has 2 nitrogen and oxygen atoms in total. The number of carbonyl (C=O) groups excluding carboxylic acids is 1. The molecule has 86 valence electrons. The molecule has 0 amide bonds. The van der Waals surface area contributed by atoms with Gasteiger partial charge in [-0.25, -0.2) is 0 Å². The van der Waals surface area contributed by atoms with Crippen molar-refractivity contribution >= 4 is 11.5 Å². The van der Waals surface area contributed by atoms with Gasteiger partial charge in [0.1, 0.15) is 5.76 Å². The quantitative estimate of drug-likeness (QED) is 0.589. The Morgan fingerprint density at radius 2 is 1.81 bits per heavy atom. The molecule has 0 aliphatic rings. The van der Waals surface area contributed by atoms with E-state index in [1.165, 1.54) is 7.11 Å². The van der Waals surface area contributed by atoms with Gasteiger partial charge in [0.05, 0.1) is 7.11 Å². The Hall–Kier alpha value is -1.78. The van der Waals surface area contributed by atoms with Gasteiger partial charge in [-0.3, -0.25) is 4.79 Å². The van der Waals surface area contributed by atoms with Gasteiger partial charge in [-0.05, 0) is 0 Å². The molecule has 0 N–H and O–H groups in total. The van der Waals surface area contributed by atoms with Gasteiger partial charge in [0.25, 0.3) is 5.78 Å². The van der Waals surface area contributed by atoms with E-state index in [0.717, 1.165) is 0 Å². The third kappa shape index (κ3) is 3.12. The smallest absolute Gasteiger partial charge is 0.454 e. The number of alkyl halides is 3. The number of methoxy groups -OCH3 is 1. The van der Waals surface area contributed by atoms with Crippen molar-refractivity contribution in [1.29, 1.82) is 0 Å². The van der Waals surface area contributed by atoms with Crippen LogP contribution in [0.2, 0.25) is 0 Å². The fraction of sp³-hybridized carbons (Fsp3) is 0.182. The van der Waals surface area contributed by atoms with Crippen molar-refractivity contribution in [2.45, 2.75) is 6.18 Å². The molecular formula is C11H9F3O2. The molecule has 1 aromatic carbocycles. The fourth-order valence-corrected chi connectivity index (χ4v) is 1.06. The van der Waals surface area contributed by atoms with Gasteiger partial charge in [0.15, 0.2) is 0 Å². The summed E-state index contributed by atoms with van der Waals surface area (Å²) < 4.78 is 40.8. The first-order chi connectivity index (χ1) is 7.45. The fourth-order valence-electron chi connectivity index (χ4n) is 1.06. The van der Waals surface area contributed by atoms with Crippen LogP contribution in [0, 0.1) is 0 Å². The Morgan fingerprint density at radius 3 is 2.25 bits per heavy atom. The summed E-state index contributed by atoms with van der Waals surface area (Å²) in [4.78, 5) is 10.7. The van der Waals surface area contributed by atoms with Crippen LogP contribution in [0.1, 0.15) is 5.56 Å². The Kier molecular flexibility index (Phi) is 3.71. The van der Waals surface area contributed by atoms with E-state index in [0.29, 0.717) is 11.6 Å². The molecule has 0 unspecified atom stereocenters. The molecule has 0 aliphatic heterocycles. The van der Waals surface area contributed by atoms with Gasteiger partial charge < -0.3 is 4.74 Å². The summed E-state index contributed by atoms with van der Waals surface area (Å²) >= 11 is 0. The Morgan fingerprint density at radius 1 is 1.25 bits per heavy atom. The molecule has 0 spiro atoms. The first-order valence-electron chi connectivity index (χ1n) is 4.37. The van der Waals surface area contributed by atoms with E-state index in [9.17, 15) is 18.0 Å². The van der Waals surface area contributed by atoms with Crippen molar-refractivity contribution in [2.24, 2.45) is 0 Å². The second-order valence-electron chi connectivity index (χ2n) is 2.94. The molecule has 0 heterocycles. The highest BCUT2D eigenvalue weighted by atomic mass is 19.4. The zero-order valence-electron chi connectivity index (χ0n) is 8.41. The molecule has 0 fully saturated rings. The van der Waals surface area contributed by atoms with E-state index in [2.05, 4.69) is 0 Å². The molecule has 0 saturated carbocycles. The number of ether oxygens (including phenoxy) is 1. The van der Waals surface area contributed by atoms with Gasteiger partial charge in [-0.1, -0.05) is 30.3 Å². The number of carbonyl (C=O) groups is 1. The average molecular weight is 230 g/mol. The summed E-state index contributed by atoms with van der Waals surface area (Å²) in [6.45, 7) is 0. The minimum Gasteiger partial charge on any atom is -0.496 e. The predicted molar refractivity (Wildman–Crippen MR) is 52.5 cm³/mol. The average Bonchev–Trinajstić information content (AvgIpc) is 2.25. The van der Waals surface area contributed by atoms with Crippen LogP contribution in [0.15, 0.2) is 36.4 Å². The van der Waals surface area contributed by atoms with Crippen molar-refractivity contribution in [3.63, 3.8) is 0 Å². The third-order valence-electron chi connectivity index (χ3n) is 1.82. The number of allylic oxidation sites excluding steroid dienone is 1. The van der Waals surface area contributed by atoms with Crippen molar-refractivity contribution in [2.75, 3.05) is 7.11 Å².